The molecule has 6 aromatic rings. The summed E-state index contributed by atoms with van der Waals surface area (Å²) in [5, 5.41) is 11.2. The molecule has 2 aliphatic rings. The van der Waals surface area contributed by atoms with Gasteiger partial charge in [-0.3, -0.25) is 19.4 Å². The van der Waals surface area contributed by atoms with Gasteiger partial charge in [-0.15, -0.1) is 5.10 Å². The number of amides is 2. The molecule has 70 heavy (non-hydrogen) atoms. The summed E-state index contributed by atoms with van der Waals surface area (Å²) in [6.07, 6.45) is 8.79. The highest BCUT2D eigenvalue weighted by molar-refractivity contribution is 6.30. The first-order chi connectivity index (χ1) is 33.9. The van der Waals surface area contributed by atoms with E-state index >= 15 is 0 Å². The molecule has 2 saturated heterocycles. The molecule has 0 aliphatic carbocycles. The number of likely N-dealkylation sites (N-methyl/N-ethyl adjacent to an activating group) is 2. The van der Waals surface area contributed by atoms with E-state index in [-0.39, 0.29) is 17.9 Å². The molecule has 2 aliphatic heterocycles. The van der Waals surface area contributed by atoms with E-state index in [9.17, 15) is 9.59 Å². The van der Waals surface area contributed by atoms with Crippen LogP contribution >= 0.6 is 23.2 Å². The highest BCUT2D eigenvalue weighted by atomic mass is 35.5. The number of halogens is 2. The van der Waals surface area contributed by atoms with Gasteiger partial charge in [0, 0.05) is 113 Å². The average Bonchev–Trinajstić information content (AvgIpc) is 3.99. The quantitative estimate of drug-likeness (QED) is 0.0651. The molecule has 0 saturated carbocycles. The summed E-state index contributed by atoms with van der Waals surface area (Å²) in [6, 6.07) is 30.0. The average molecular weight is 996 g/mol. The molecule has 2 aromatic heterocycles. The van der Waals surface area contributed by atoms with Gasteiger partial charge >= 0.3 is 0 Å². The van der Waals surface area contributed by atoms with Gasteiger partial charge in [0.2, 0.25) is 11.8 Å². The first-order valence-electron chi connectivity index (χ1n) is 25.0. The van der Waals surface area contributed by atoms with Crippen LogP contribution in [0.1, 0.15) is 52.4 Å². The highest BCUT2D eigenvalue weighted by Crippen LogP contribution is 2.26. The van der Waals surface area contributed by atoms with E-state index in [2.05, 4.69) is 78.8 Å². The predicted octanol–water partition coefficient (Wildman–Crippen LogP) is 8.65. The highest BCUT2D eigenvalue weighted by Gasteiger charge is 2.22. The number of piperazine rings is 2. The normalized spacial score (nSPS) is 15.0. The van der Waals surface area contributed by atoms with Crippen molar-refractivity contribution in [3.8, 4) is 22.9 Å². The van der Waals surface area contributed by atoms with E-state index < -0.39 is 0 Å². The van der Waals surface area contributed by atoms with E-state index in [1.165, 1.54) is 11.8 Å². The van der Waals surface area contributed by atoms with Gasteiger partial charge in [0.05, 0.1) is 43.0 Å². The van der Waals surface area contributed by atoms with Crippen LogP contribution in [-0.2, 0) is 9.59 Å². The molecule has 4 heterocycles. The van der Waals surface area contributed by atoms with Crippen molar-refractivity contribution in [1.82, 2.24) is 49.0 Å². The zero-order valence-corrected chi connectivity index (χ0v) is 43.3. The van der Waals surface area contributed by atoms with E-state index in [4.69, 9.17) is 32.7 Å². The standard InChI is InChI=1S/C29H39ClN4O2.C25H33ClN6O2/c1-23(2)31(3)29(35)22-33-18-16-32(17-19-33)14-5-4-6-20-36-27-11-12-28-24(21-27)13-15-34(28)26-9-7-25(30)8-10-26;1-29(2)25(33)19-31-15-13-30(14-16-31)12-4-3-5-17-34-22-10-11-24-23(18-22)27-28-32(24)21-8-6-20(26)7-9-21/h7-13,15,21,23H,4-6,14,16-20,22H2,1-3H3;6-11,18H,3-5,12-17,19H2,1-2H3. The smallest absolute Gasteiger partial charge is 0.236 e. The number of fused-ring (bicyclic) bond motifs is 2. The Labute approximate surface area is 424 Å². The fourth-order valence-electron chi connectivity index (χ4n) is 8.68. The summed E-state index contributed by atoms with van der Waals surface area (Å²) >= 11 is 12.0. The number of aromatic nitrogens is 4. The van der Waals surface area contributed by atoms with Crippen LogP contribution in [0.15, 0.2) is 97.2 Å². The van der Waals surface area contributed by atoms with Gasteiger partial charge in [-0.2, -0.15) is 0 Å². The lowest BCUT2D eigenvalue weighted by atomic mass is 10.2. The molecular formula is C54H72Cl2N10O4. The maximum Gasteiger partial charge on any atom is 0.236 e. The lowest BCUT2D eigenvalue weighted by Crippen LogP contribution is -2.50. The summed E-state index contributed by atoms with van der Waals surface area (Å²) in [5.74, 6) is 2.14. The second-order valence-electron chi connectivity index (χ2n) is 19.0. The van der Waals surface area contributed by atoms with Gasteiger partial charge in [0.15, 0.2) is 0 Å². The molecule has 4 aromatic carbocycles. The number of carbonyl (C=O) groups excluding carboxylic acids is 2. The van der Waals surface area contributed by atoms with Crippen molar-refractivity contribution >= 4 is 57.0 Å². The van der Waals surface area contributed by atoms with Crippen LogP contribution in [0.3, 0.4) is 0 Å². The Kier molecular flexibility index (Phi) is 19.8. The number of hydrogen-bond acceptors (Lipinski definition) is 10. The van der Waals surface area contributed by atoms with Crippen molar-refractivity contribution < 1.29 is 19.1 Å². The number of hydrogen-bond donors (Lipinski definition) is 0. The monoisotopic (exact) mass is 995 g/mol. The number of benzene rings is 4. The van der Waals surface area contributed by atoms with Gasteiger partial charge in [0.1, 0.15) is 17.0 Å². The second-order valence-corrected chi connectivity index (χ2v) is 19.8. The van der Waals surface area contributed by atoms with Crippen molar-refractivity contribution in [3.05, 3.63) is 107 Å². The topological polar surface area (TPSA) is 108 Å². The first kappa shape index (κ1) is 52.6. The molecule has 14 nitrogen and oxygen atoms in total. The Morgan fingerprint density at radius 3 is 1.63 bits per heavy atom. The lowest BCUT2D eigenvalue weighted by Gasteiger charge is -2.35. The molecular weight excluding hydrogens is 924 g/mol. The molecule has 0 N–H and O–H groups in total. The van der Waals surface area contributed by atoms with E-state index in [1.54, 1.807) is 9.58 Å². The minimum Gasteiger partial charge on any atom is -0.494 e. The van der Waals surface area contributed by atoms with Crippen molar-refractivity contribution in [2.45, 2.75) is 58.4 Å². The van der Waals surface area contributed by atoms with Crippen LogP contribution < -0.4 is 9.47 Å². The molecule has 0 atom stereocenters. The third kappa shape index (κ3) is 15.4. The fraction of sp³-hybridized carbons (Fsp3) is 0.481. The van der Waals surface area contributed by atoms with Crippen molar-refractivity contribution in [3.63, 3.8) is 0 Å². The zero-order chi connectivity index (χ0) is 49.4. The van der Waals surface area contributed by atoms with Crippen LogP contribution in [0.2, 0.25) is 10.0 Å². The Balaban J connectivity index is 0.000000207. The third-order valence-corrected chi connectivity index (χ3v) is 13.8. The first-order valence-corrected chi connectivity index (χ1v) is 25.7. The summed E-state index contributed by atoms with van der Waals surface area (Å²) in [6.45, 7) is 16.9. The van der Waals surface area contributed by atoms with Crippen LogP contribution in [0.25, 0.3) is 33.3 Å². The van der Waals surface area contributed by atoms with E-state index in [0.29, 0.717) is 24.7 Å². The Morgan fingerprint density at radius 1 is 0.586 bits per heavy atom. The number of unbranched alkanes of at least 4 members (excludes halogenated alkanes) is 4. The molecule has 0 spiro atoms. The van der Waals surface area contributed by atoms with E-state index in [0.717, 1.165) is 149 Å². The van der Waals surface area contributed by atoms with Gasteiger partial charge < -0.3 is 33.6 Å². The SMILES string of the molecule is CC(C)N(C)C(=O)CN1CCN(CCCCCOc2ccc3c(ccn3-c3ccc(Cl)cc3)c2)CC1.CN(C)C(=O)CN1CCN(CCCCCOc2ccc3c(c2)nnn3-c2ccc(Cl)cc2)CC1. The Bertz CT molecular complexity index is 2550. The molecule has 16 heteroatoms. The predicted molar refractivity (Wildman–Crippen MR) is 283 cm³/mol. The largest absolute Gasteiger partial charge is 0.494 e. The van der Waals surface area contributed by atoms with Gasteiger partial charge in [0.25, 0.3) is 0 Å². The van der Waals surface area contributed by atoms with Crippen molar-refractivity contribution in [1.29, 1.82) is 0 Å². The molecule has 376 valence electrons. The molecule has 0 unspecified atom stereocenters. The Morgan fingerprint density at radius 2 is 1.09 bits per heavy atom. The molecule has 2 fully saturated rings. The number of rotatable bonds is 21. The van der Waals surface area contributed by atoms with E-state index in [1.807, 2.05) is 92.8 Å². The third-order valence-electron chi connectivity index (χ3n) is 13.3. The molecule has 8 rings (SSSR count). The van der Waals surface area contributed by atoms with Crippen LogP contribution in [-0.4, -0.2) is 180 Å². The summed E-state index contributed by atoms with van der Waals surface area (Å²) in [5.41, 5.74) is 4.90. The molecule has 0 bridgehead atoms. The lowest BCUT2D eigenvalue weighted by molar-refractivity contribution is -0.133. The minimum absolute atomic E-state index is 0.179. The number of nitrogens with zero attached hydrogens (tertiary/aromatic N) is 10. The van der Waals surface area contributed by atoms with Gasteiger partial charge in [-0.1, -0.05) is 28.4 Å². The van der Waals surface area contributed by atoms with Crippen LogP contribution in [0.4, 0.5) is 0 Å². The maximum absolute atomic E-state index is 12.3. The van der Waals surface area contributed by atoms with Crippen molar-refractivity contribution in [2.24, 2.45) is 0 Å². The van der Waals surface area contributed by atoms with Crippen LogP contribution in [0.5, 0.6) is 11.5 Å². The number of carbonyl (C=O) groups is 2. The summed E-state index contributed by atoms with van der Waals surface area (Å²) < 4.78 is 16.0. The maximum atomic E-state index is 12.3. The molecule has 0 radical (unpaired) electrons. The van der Waals surface area contributed by atoms with Gasteiger partial charge in [-0.25, -0.2) is 4.68 Å². The summed E-state index contributed by atoms with van der Waals surface area (Å²) in [4.78, 5) is 37.2. The van der Waals surface area contributed by atoms with Gasteiger partial charge in [-0.05, 0) is 150 Å². The summed E-state index contributed by atoms with van der Waals surface area (Å²) in [7, 11) is 5.52. The number of ether oxygens (including phenoxy) is 2. The van der Waals surface area contributed by atoms with Crippen molar-refractivity contribution in [2.75, 3.05) is 113 Å². The van der Waals surface area contributed by atoms with Crippen LogP contribution in [0, 0.1) is 0 Å². The minimum atomic E-state index is 0.179. The molecule has 2 amide bonds. The fourth-order valence-corrected chi connectivity index (χ4v) is 8.93. The zero-order valence-electron chi connectivity index (χ0n) is 41.8. The second kappa shape index (κ2) is 26.3. The Hall–Kier alpha value is -5.22.